The number of hydrogen-bond acceptors (Lipinski definition) is 7. The first-order valence-electron chi connectivity index (χ1n) is 14.8. The Balaban J connectivity index is 1.05. The minimum atomic E-state index is -0.609. The van der Waals surface area contributed by atoms with Crippen LogP contribution in [0, 0.1) is 0 Å². The number of aromatic nitrogens is 1. The van der Waals surface area contributed by atoms with Gasteiger partial charge in [-0.15, -0.1) is 0 Å². The molecule has 2 saturated heterocycles. The first kappa shape index (κ1) is 29.2. The van der Waals surface area contributed by atoms with Gasteiger partial charge in [-0.25, -0.2) is 4.99 Å². The summed E-state index contributed by atoms with van der Waals surface area (Å²) in [5.41, 5.74) is 4.67. The highest BCUT2D eigenvalue weighted by molar-refractivity contribution is 6.05. The second kappa shape index (κ2) is 12.4. The quantitative estimate of drug-likeness (QED) is 0.177. The van der Waals surface area contributed by atoms with Crippen molar-refractivity contribution < 1.29 is 19.2 Å². The Morgan fingerprint density at radius 3 is 2.57 bits per heavy atom. The summed E-state index contributed by atoms with van der Waals surface area (Å²) >= 11 is 0. The zero-order valence-corrected chi connectivity index (χ0v) is 24.5. The number of carbonyl (C=O) groups is 4. The molecule has 0 spiro atoms. The van der Waals surface area contributed by atoms with Crippen molar-refractivity contribution in [3.63, 3.8) is 0 Å². The summed E-state index contributed by atoms with van der Waals surface area (Å²) in [5.74, 6) is 0.127. The maximum Gasteiger partial charge on any atom is 0.255 e. The van der Waals surface area contributed by atoms with E-state index in [4.69, 9.17) is 0 Å². The van der Waals surface area contributed by atoms with Crippen LogP contribution in [-0.4, -0.2) is 71.3 Å². The minimum absolute atomic E-state index is 0.151. The molecule has 226 valence electrons. The molecule has 0 saturated carbocycles. The molecule has 1 atom stereocenters. The molecule has 2 fully saturated rings. The van der Waals surface area contributed by atoms with E-state index in [9.17, 15) is 24.0 Å². The van der Waals surface area contributed by atoms with Crippen LogP contribution in [0.3, 0.4) is 0 Å². The first-order valence-corrected chi connectivity index (χ1v) is 14.8. The molecule has 6 rings (SSSR count). The summed E-state index contributed by atoms with van der Waals surface area (Å²) in [4.78, 5) is 73.2. The van der Waals surface area contributed by atoms with Crippen LogP contribution in [0.15, 0.2) is 64.4 Å². The average Bonchev–Trinajstić information content (AvgIpc) is 3.35. The number of H-pyrrole nitrogens is 1. The van der Waals surface area contributed by atoms with Crippen molar-refractivity contribution in [2.75, 3.05) is 25.0 Å². The van der Waals surface area contributed by atoms with Crippen molar-refractivity contribution in [1.29, 1.82) is 0 Å². The van der Waals surface area contributed by atoms with Crippen molar-refractivity contribution in [3.8, 4) is 0 Å². The molecular formula is C33H34N6O5. The van der Waals surface area contributed by atoms with Crippen LogP contribution in [0.2, 0.25) is 0 Å². The Morgan fingerprint density at radius 1 is 1.00 bits per heavy atom. The summed E-state index contributed by atoms with van der Waals surface area (Å²) in [6, 6.07) is 16.0. The predicted molar refractivity (Wildman–Crippen MR) is 165 cm³/mol. The molecule has 3 aliphatic heterocycles. The monoisotopic (exact) mass is 594 g/mol. The van der Waals surface area contributed by atoms with Gasteiger partial charge in [0, 0.05) is 43.8 Å². The number of aromatic amines is 1. The standard InChI is InChI=1S/C33H34N6O5/c1-37(29-3-2-4-30(41)35-29)20-34-27-8-5-21(15-25(27)19-40)17-38-13-11-22(12-14-38)23-6-7-26-24(16-23)18-39(33(26)44)28-9-10-31(42)36-32(28)43/h2-8,15-16,19-20,22,28H,9-14,17-18H2,1H3,(H,35,41)(H,36,42,43)/b34-20-. The van der Waals surface area contributed by atoms with Crippen molar-refractivity contribution in [2.45, 2.75) is 50.7 Å². The normalized spacial score (nSPS) is 19.3. The van der Waals surface area contributed by atoms with Crippen LogP contribution in [0.5, 0.6) is 0 Å². The van der Waals surface area contributed by atoms with Crippen molar-refractivity contribution in [3.05, 3.63) is 92.8 Å². The molecule has 4 heterocycles. The van der Waals surface area contributed by atoms with Gasteiger partial charge in [-0.05, 0) is 79.2 Å². The van der Waals surface area contributed by atoms with Crippen molar-refractivity contribution in [1.82, 2.24) is 20.1 Å². The van der Waals surface area contributed by atoms with E-state index in [1.807, 2.05) is 30.3 Å². The number of likely N-dealkylation sites (tertiary alicyclic amines) is 1. The lowest BCUT2D eigenvalue weighted by Gasteiger charge is -2.32. The molecule has 3 amide bonds. The van der Waals surface area contributed by atoms with Gasteiger partial charge in [0.05, 0.1) is 12.0 Å². The molecule has 11 heteroatoms. The summed E-state index contributed by atoms with van der Waals surface area (Å²) in [7, 11) is 1.77. The smallest absolute Gasteiger partial charge is 0.255 e. The molecule has 3 aromatic rings. The number of rotatable bonds is 8. The van der Waals surface area contributed by atoms with E-state index in [0.29, 0.717) is 41.5 Å². The van der Waals surface area contributed by atoms with E-state index >= 15 is 0 Å². The number of anilines is 1. The van der Waals surface area contributed by atoms with Gasteiger partial charge in [-0.1, -0.05) is 24.3 Å². The molecule has 1 unspecified atom stereocenters. The van der Waals surface area contributed by atoms with Gasteiger partial charge in [-0.2, -0.15) is 0 Å². The van der Waals surface area contributed by atoms with Crippen LogP contribution in [-0.2, 0) is 22.7 Å². The van der Waals surface area contributed by atoms with Gasteiger partial charge >= 0.3 is 0 Å². The highest BCUT2D eigenvalue weighted by Gasteiger charge is 2.39. The van der Waals surface area contributed by atoms with E-state index in [1.165, 1.54) is 11.6 Å². The summed E-state index contributed by atoms with van der Waals surface area (Å²) in [5, 5.41) is 2.35. The first-order chi connectivity index (χ1) is 21.3. The molecule has 2 N–H and O–H groups in total. The van der Waals surface area contributed by atoms with Crippen LogP contribution in [0.25, 0.3) is 0 Å². The lowest BCUT2D eigenvalue weighted by molar-refractivity contribution is -0.136. The van der Waals surface area contributed by atoms with Crippen molar-refractivity contribution in [2.24, 2.45) is 4.99 Å². The highest BCUT2D eigenvalue weighted by Crippen LogP contribution is 2.34. The van der Waals surface area contributed by atoms with Crippen molar-refractivity contribution >= 4 is 41.9 Å². The van der Waals surface area contributed by atoms with Crippen LogP contribution >= 0.6 is 0 Å². The highest BCUT2D eigenvalue weighted by atomic mass is 16.2. The number of aldehydes is 1. The van der Waals surface area contributed by atoms with E-state index in [2.05, 4.69) is 26.3 Å². The summed E-state index contributed by atoms with van der Waals surface area (Å²) in [6.45, 7) is 2.91. The van der Waals surface area contributed by atoms with E-state index < -0.39 is 11.9 Å². The lowest BCUT2D eigenvalue weighted by atomic mass is 9.87. The Hall–Kier alpha value is -4.90. The third kappa shape index (κ3) is 6.09. The number of benzene rings is 2. The van der Waals surface area contributed by atoms with Crippen LogP contribution < -0.4 is 15.8 Å². The maximum atomic E-state index is 13.0. The van der Waals surface area contributed by atoms with Crippen LogP contribution in [0.1, 0.15) is 69.0 Å². The zero-order valence-electron chi connectivity index (χ0n) is 24.5. The number of carbonyl (C=O) groups excluding carboxylic acids is 4. The predicted octanol–water partition coefficient (Wildman–Crippen LogP) is 3.12. The second-order valence-corrected chi connectivity index (χ2v) is 11.6. The summed E-state index contributed by atoms with van der Waals surface area (Å²) in [6.07, 6.45) is 4.92. The van der Waals surface area contributed by atoms with Gasteiger partial charge in [0.1, 0.15) is 11.9 Å². The molecule has 44 heavy (non-hydrogen) atoms. The Kier molecular flexibility index (Phi) is 8.21. The molecule has 2 aromatic carbocycles. The number of nitrogens with zero attached hydrogens (tertiary/aromatic N) is 4. The van der Waals surface area contributed by atoms with E-state index in [1.54, 1.807) is 35.3 Å². The Morgan fingerprint density at radius 2 is 1.82 bits per heavy atom. The third-order valence-electron chi connectivity index (χ3n) is 8.73. The topological polar surface area (TPSA) is 135 Å². The summed E-state index contributed by atoms with van der Waals surface area (Å²) < 4.78 is 0. The second-order valence-electron chi connectivity index (χ2n) is 11.6. The fourth-order valence-electron chi connectivity index (χ4n) is 6.30. The van der Waals surface area contributed by atoms with Gasteiger partial charge in [-0.3, -0.25) is 34.2 Å². The number of nitrogens with one attached hydrogen (secondary N) is 2. The molecule has 3 aliphatic rings. The molecule has 0 bridgehead atoms. The number of hydrogen-bond donors (Lipinski definition) is 2. The fraction of sp³-hybridized carbons (Fsp3) is 0.333. The van der Waals surface area contributed by atoms with Gasteiger partial charge in [0.25, 0.3) is 5.91 Å². The molecule has 0 aliphatic carbocycles. The van der Waals surface area contributed by atoms with Gasteiger partial charge in [0.15, 0.2) is 6.29 Å². The average molecular weight is 595 g/mol. The number of piperidine rings is 2. The number of imide groups is 1. The number of aliphatic imine (C=N–C) groups is 1. The Labute approximate surface area is 254 Å². The molecular weight excluding hydrogens is 560 g/mol. The molecule has 11 nitrogen and oxygen atoms in total. The van der Waals surface area contributed by atoms with Gasteiger partial charge < -0.3 is 14.8 Å². The lowest BCUT2D eigenvalue weighted by Crippen LogP contribution is -2.52. The number of amides is 3. The minimum Gasteiger partial charge on any atom is -0.322 e. The maximum absolute atomic E-state index is 13.0. The van der Waals surface area contributed by atoms with E-state index in [0.717, 1.165) is 49.9 Å². The van der Waals surface area contributed by atoms with Crippen LogP contribution in [0.4, 0.5) is 11.5 Å². The Bertz CT molecular complexity index is 1710. The van der Waals surface area contributed by atoms with Gasteiger partial charge in [0.2, 0.25) is 17.4 Å². The molecule has 1 aromatic heterocycles. The largest absolute Gasteiger partial charge is 0.322 e. The molecule has 0 radical (unpaired) electrons. The zero-order chi connectivity index (χ0) is 30.8. The fourth-order valence-corrected chi connectivity index (χ4v) is 6.30. The van der Waals surface area contributed by atoms with E-state index in [-0.39, 0.29) is 23.8 Å². The third-order valence-corrected chi connectivity index (χ3v) is 8.73. The number of pyridine rings is 1. The SMILES string of the molecule is CN(/C=N\c1ccc(CN2CCC(c3ccc4c(c3)CN(C3CCC(=O)NC3=O)C4=O)CC2)cc1C=O)c1cccc(=O)[nH]1. The number of fused-ring (bicyclic) bond motifs is 1.